The molecule has 176 valence electrons. The van der Waals surface area contributed by atoms with E-state index >= 15 is 0 Å². The van der Waals surface area contributed by atoms with Crippen LogP contribution in [0.3, 0.4) is 0 Å². The van der Waals surface area contributed by atoms with E-state index < -0.39 is 0 Å². The van der Waals surface area contributed by atoms with E-state index in [2.05, 4.69) is 41.1 Å². The lowest BCUT2D eigenvalue weighted by Crippen LogP contribution is -2.51. The average molecular weight is 459 g/mol. The molecule has 1 fully saturated rings. The van der Waals surface area contributed by atoms with Crippen molar-refractivity contribution in [2.75, 3.05) is 54.5 Å². The van der Waals surface area contributed by atoms with Crippen LogP contribution in [-0.4, -0.2) is 62.5 Å². The highest BCUT2D eigenvalue weighted by molar-refractivity contribution is 6.10. The Hall–Kier alpha value is -3.58. The second-order valence-corrected chi connectivity index (χ2v) is 9.17. The van der Waals surface area contributed by atoms with Crippen molar-refractivity contribution in [3.8, 4) is 11.1 Å². The van der Waals surface area contributed by atoms with Crippen molar-refractivity contribution in [1.29, 1.82) is 0 Å². The predicted octanol–water partition coefficient (Wildman–Crippen LogP) is 4.10. The van der Waals surface area contributed by atoms with Crippen LogP contribution in [0.5, 0.6) is 0 Å². The number of nitrogens with zero attached hydrogens (tertiary/aromatic N) is 4. The molecule has 2 amide bonds. The van der Waals surface area contributed by atoms with Crippen molar-refractivity contribution in [2.24, 2.45) is 0 Å². The summed E-state index contributed by atoms with van der Waals surface area (Å²) in [5.74, 6) is 0.0448. The highest BCUT2D eigenvalue weighted by Gasteiger charge is 2.35. The Bertz CT molecular complexity index is 1180. The third-order valence-electron chi connectivity index (χ3n) is 6.80. The topological polar surface area (TPSA) is 60.2 Å². The van der Waals surface area contributed by atoms with Crippen molar-refractivity contribution in [2.45, 2.75) is 19.9 Å². The van der Waals surface area contributed by atoms with Crippen LogP contribution in [0.4, 0.5) is 17.1 Å². The molecule has 5 rings (SSSR count). The first-order chi connectivity index (χ1) is 16.4. The Kier molecular flexibility index (Phi) is 5.87. The lowest BCUT2D eigenvalue weighted by molar-refractivity contribution is -0.117. The van der Waals surface area contributed by atoms with E-state index in [1.165, 1.54) is 12.0 Å². The van der Waals surface area contributed by atoms with E-state index in [0.29, 0.717) is 6.54 Å². The van der Waals surface area contributed by atoms with Gasteiger partial charge in [-0.1, -0.05) is 18.2 Å². The van der Waals surface area contributed by atoms with Gasteiger partial charge in [-0.2, -0.15) is 0 Å². The number of anilines is 3. The molecule has 1 saturated heterocycles. The fraction of sp³-hybridized carbons (Fsp3) is 0.333. The second kappa shape index (κ2) is 8.99. The van der Waals surface area contributed by atoms with Gasteiger partial charge in [0, 0.05) is 45.3 Å². The van der Waals surface area contributed by atoms with Crippen LogP contribution in [0.1, 0.15) is 24.4 Å². The van der Waals surface area contributed by atoms with Crippen molar-refractivity contribution in [3.05, 3.63) is 66.6 Å². The molecule has 7 heteroatoms. The molecule has 0 bridgehead atoms. The number of carbonyl (C=O) groups is 2. The first-order valence-electron chi connectivity index (χ1n) is 11.8. The van der Waals surface area contributed by atoms with Gasteiger partial charge in [-0.3, -0.25) is 9.59 Å². The number of furan rings is 1. The number of piperazine rings is 1. The standard InChI is InChI=1S/C27H30N4O3/c1-19-18-30(27(33)26-5-4-16-34-26)25-17-22(8-11-24(25)31(19)20(2)32)21-6-9-23(10-7-21)29-14-12-28(3)13-15-29/h4-11,16-17,19H,12-15,18H2,1-3H3. The minimum atomic E-state index is -0.205. The SMILES string of the molecule is CC(=O)N1c2ccc(-c3ccc(N4CCN(C)CC4)cc3)cc2N(C(=O)c2ccco2)CC1C. The molecule has 1 unspecified atom stereocenters. The van der Waals surface area contributed by atoms with Gasteiger partial charge in [0.25, 0.3) is 5.91 Å². The summed E-state index contributed by atoms with van der Waals surface area (Å²) in [6.07, 6.45) is 1.50. The summed E-state index contributed by atoms with van der Waals surface area (Å²) in [6.45, 7) is 8.11. The highest BCUT2D eigenvalue weighted by atomic mass is 16.3. The largest absolute Gasteiger partial charge is 0.459 e. The number of benzene rings is 2. The predicted molar refractivity (Wildman–Crippen MR) is 135 cm³/mol. The lowest BCUT2D eigenvalue weighted by Gasteiger charge is -2.40. The van der Waals surface area contributed by atoms with Crippen LogP contribution < -0.4 is 14.7 Å². The first kappa shape index (κ1) is 22.2. The van der Waals surface area contributed by atoms with E-state index in [-0.39, 0.29) is 23.6 Å². The molecule has 2 aliphatic rings. The van der Waals surface area contributed by atoms with Crippen molar-refractivity contribution in [3.63, 3.8) is 0 Å². The maximum Gasteiger partial charge on any atom is 0.294 e. The monoisotopic (exact) mass is 458 g/mol. The van der Waals surface area contributed by atoms with Crippen LogP contribution in [0.15, 0.2) is 65.3 Å². The third-order valence-corrected chi connectivity index (χ3v) is 6.80. The molecular weight excluding hydrogens is 428 g/mol. The van der Waals surface area contributed by atoms with Crippen LogP contribution in [0, 0.1) is 0 Å². The molecule has 0 saturated carbocycles. The van der Waals surface area contributed by atoms with Gasteiger partial charge < -0.3 is 24.0 Å². The fourth-order valence-electron chi connectivity index (χ4n) is 4.94. The molecule has 3 heterocycles. The van der Waals surface area contributed by atoms with Crippen molar-refractivity contribution >= 4 is 28.9 Å². The smallest absolute Gasteiger partial charge is 0.294 e. The van der Waals surface area contributed by atoms with E-state index in [1.807, 2.05) is 25.1 Å². The number of hydrogen-bond donors (Lipinski definition) is 0. The van der Waals surface area contributed by atoms with Crippen molar-refractivity contribution in [1.82, 2.24) is 4.90 Å². The van der Waals surface area contributed by atoms with E-state index in [1.54, 1.807) is 28.9 Å². The summed E-state index contributed by atoms with van der Waals surface area (Å²) in [5.41, 5.74) is 4.75. The summed E-state index contributed by atoms with van der Waals surface area (Å²) >= 11 is 0. The van der Waals surface area contributed by atoms with Gasteiger partial charge in [0.05, 0.1) is 23.7 Å². The minimum Gasteiger partial charge on any atom is -0.459 e. The lowest BCUT2D eigenvalue weighted by atomic mass is 10.00. The van der Waals surface area contributed by atoms with Crippen LogP contribution in [0.25, 0.3) is 11.1 Å². The molecule has 2 aliphatic heterocycles. The molecule has 34 heavy (non-hydrogen) atoms. The highest BCUT2D eigenvalue weighted by Crippen LogP contribution is 2.39. The molecule has 7 nitrogen and oxygen atoms in total. The molecule has 0 N–H and O–H groups in total. The quantitative estimate of drug-likeness (QED) is 0.592. The maximum atomic E-state index is 13.3. The number of likely N-dealkylation sites (N-methyl/N-ethyl adjacent to an activating group) is 1. The normalized spacial score (nSPS) is 18.7. The zero-order chi connectivity index (χ0) is 23.8. The van der Waals surface area contributed by atoms with E-state index in [4.69, 9.17) is 4.42 Å². The van der Waals surface area contributed by atoms with E-state index in [0.717, 1.165) is 48.7 Å². The summed E-state index contributed by atoms with van der Waals surface area (Å²) in [5, 5.41) is 0. The Morgan fingerprint density at radius 1 is 0.912 bits per heavy atom. The van der Waals surface area contributed by atoms with Gasteiger partial charge in [0.2, 0.25) is 5.91 Å². The summed E-state index contributed by atoms with van der Waals surface area (Å²) in [4.78, 5) is 33.9. The Labute approximate surface area is 200 Å². The molecule has 3 aromatic rings. The second-order valence-electron chi connectivity index (χ2n) is 9.17. The number of carbonyl (C=O) groups excluding carboxylic acids is 2. The Balaban J connectivity index is 1.49. The zero-order valence-corrected chi connectivity index (χ0v) is 19.9. The number of rotatable bonds is 3. The first-order valence-corrected chi connectivity index (χ1v) is 11.8. The fourth-order valence-corrected chi connectivity index (χ4v) is 4.94. The number of fused-ring (bicyclic) bond motifs is 1. The van der Waals surface area contributed by atoms with Crippen LogP contribution in [-0.2, 0) is 4.79 Å². The molecule has 0 aliphatic carbocycles. The third kappa shape index (κ3) is 4.07. The minimum absolute atomic E-state index is 0.0388. The summed E-state index contributed by atoms with van der Waals surface area (Å²) < 4.78 is 5.39. The van der Waals surface area contributed by atoms with Crippen molar-refractivity contribution < 1.29 is 14.0 Å². The average Bonchev–Trinajstić information content (AvgIpc) is 3.38. The molecular formula is C27H30N4O3. The van der Waals surface area contributed by atoms with Gasteiger partial charge in [-0.15, -0.1) is 0 Å². The van der Waals surface area contributed by atoms with Crippen LogP contribution >= 0.6 is 0 Å². The van der Waals surface area contributed by atoms with Gasteiger partial charge in [0.1, 0.15) is 0 Å². The Morgan fingerprint density at radius 2 is 1.62 bits per heavy atom. The number of amides is 2. The molecule has 1 aromatic heterocycles. The van der Waals surface area contributed by atoms with E-state index in [9.17, 15) is 9.59 Å². The zero-order valence-electron chi connectivity index (χ0n) is 19.9. The maximum absolute atomic E-state index is 13.3. The molecule has 0 spiro atoms. The Morgan fingerprint density at radius 3 is 2.26 bits per heavy atom. The van der Waals surface area contributed by atoms with Gasteiger partial charge in [0.15, 0.2) is 5.76 Å². The van der Waals surface area contributed by atoms with Gasteiger partial charge in [-0.05, 0) is 61.5 Å². The van der Waals surface area contributed by atoms with Gasteiger partial charge in [-0.25, -0.2) is 0 Å². The van der Waals surface area contributed by atoms with Gasteiger partial charge >= 0.3 is 0 Å². The van der Waals surface area contributed by atoms with Crippen LogP contribution in [0.2, 0.25) is 0 Å². The molecule has 2 aromatic carbocycles. The summed E-state index contributed by atoms with van der Waals surface area (Å²) in [7, 11) is 2.16. The molecule has 1 atom stereocenters. The summed E-state index contributed by atoms with van der Waals surface area (Å²) in [6, 6.07) is 17.8. The number of hydrogen-bond acceptors (Lipinski definition) is 5. The molecule has 0 radical (unpaired) electrons.